The first-order chi connectivity index (χ1) is 5.52. The number of ketones is 1. The van der Waals surface area contributed by atoms with Crippen LogP contribution < -0.4 is 5.32 Å². The van der Waals surface area contributed by atoms with Gasteiger partial charge in [0, 0.05) is 18.5 Å². The highest BCUT2D eigenvalue weighted by Crippen LogP contribution is 2.18. The van der Waals surface area contributed by atoms with Crippen LogP contribution in [0.15, 0.2) is 0 Å². The molecule has 0 spiro atoms. The summed E-state index contributed by atoms with van der Waals surface area (Å²) in [4.78, 5) is 11.6. The quantitative estimate of drug-likeness (QED) is 0.652. The molecule has 1 atom stereocenters. The molecule has 0 saturated carbocycles. The van der Waals surface area contributed by atoms with Crippen molar-refractivity contribution in [3.05, 3.63) is 6.92 Å². The summed E-state index contributed by atoms with van der Waals surface area (Å²) in [5.41, 5.74) is -0.538. The minimum atomic E-state index is -0.538. The van der Waals surface area contributed by atoms with Crippen molar-refractivity contribution in [1.82, 2.24) is 5.32 Å². The second kappa shape index (κ2) is 3.54. The van der Waals surface area contributed by atoms with Gasteiger partial charge >= 0.3 is 0 Å². The molecule has 0 aromatic heterocycles. The van der Waals surface area contributed by atoms with Crippen LogP contribution in [0.2, 0.25) is 0 Å². The van der Waals surface area contributed by atoms with Gasteiger partial charge in [-0.15, -0.1) is 0 Å². The van der Waals surface area contributed by atoms with E-state index in [9.17, 15) is 4.79 Å². The molecule has 1 heterocycles. The van der Waals surface area contributed by atoms with Crippen molar-refractivity contribution < 1.29 is 9.53 Å². The number of carbonyl (C=O) groups is 1. The summed E-state index contributed by atoms with van der Waals surface area (Å²) < 4.78 is 5.31. The number of carbonyl (C=O) groups excluding carboxylic acids is 1. The standard InChI is InChI=1S/C9H16NO2/c1-9(2,3)8(11)7-6-10-4-5-12-7/h7,10H,1,4-6H2,2-3H3. The molecule has 1 fully saturated rings. The molecule has 1 N–H and O–H groups in total. The molecule has 1 radical (unpaired) electrons. The average Bonchev–Trinajstić information content (AvgIpc) is 2.03. The van der Waals surface area contributed by atoms with Gasteiger partial charge in [0.15, 0.2) is 5.78 Å². The van der Waals surface area contributed by atoms with E-state index in [-0.39, 0.29) is 11.9 Å². The first-order valence-corrected chi connectivity index (χ1v) is 4.24. The molecular weight excluding hydrogens is 154 g/mol. The van der Waals surface area contributed by atoms with Gasteiger partial charge in [-0.3, -0.25) is 4.79 Å². The van der Waals surface area contributed by atoms with E-state index in [0.29, 0.717) is 13.2 Å². The highest BCUT2D eigenvalue weighted by Gasteiger charge is 2.31. The summed E-state index contributed by atoms with van der Waals surface area (Å²) in [5, 5.41) is 3.11. The third-order valence-electron chi connectivity index (χ3n) is 1.89. The Morgan fingerprint density at radius 1 is 1.67 bits per heavy atom. The lowest BCUT2D eigenvalue weighted by Gasteiger charge is -2.28. The van der Waals surface area contributed by atoms with Gasteiger partial charge in [-0.25, -0.2) is 0 Å². The summed E-state index contributed by atoms with van der Waals surface area (Å²) in [5.74, 6) is 0.0784. The molecule has 0 aromatic rings. The topological polar surface area (TPSA) is 38.3 Å². The van der Waals surface area contributed by atoms with Gasteiger partial charge in [0.05, 0.1) is 6.61 Å². The Morgan fingerprint density at radius 2 is 2.33 bits per heavy atom. The highest BCUT2D eigenvalue weighted by molar-refractivity contribution is 5.89. The van der Waals surface area contributed by atoms with Gasteiger partial charge in [-0.2, -0.15) is 0 Å². The Balaban J connectivity index is 2.51. The van der Waals surface area contributed by atoms with E-state index in [1.165, 1.54) is 0 Å². The van der Waals surface area contributed by atoms with Gasteiger partial charge in [0.1, 0.15) is 6.10 Å². The van der Waals surface area contributed by atoms with Crippen LogP contribution in [-0.4, -0.2) is 31.6 Å². The monoisotopic (exact) mass is 170 g/mol. The number of nitrogens with one attached hydrogen (secondary N) is 1. The summed E-state index contributed by atoms with van der Waals surface area (Å²) >= 11 is 0. The van der Waals surface area contributed by atoms with E-state index in [2.05, 4.69) is 12.2 Å². The molecule has 0 aromatic carbocycles. The smallest absolute Gasteiger partial charge is 0.168 e. The van der Waals surface area contributed by atoms with E-state index in [4.69, 9.17) is 4.74 Å². The number of hydrogen-bond donors (Lipinski definition) is 1. The van der Waals surface area contributed by atoms with Gasteiger partial charge in [-0.05, 0) is 6.92 Å². The first kappa shape index (κ1) is 9.68. The fourth-order valence-electron chi connectivity index (χ4n) is 1.17. The maximum atomic E-state index is 11.6. The van der Waals surface area contributed by atoms with Crippen molar-refractivity contribution in [2.75, 3.05) is 19.7 Å². The number of rotatable bonds is 2. The molecule has 69 valence electrons. The predicted molar refractivity (Wildman–Crippen MR) is 46.8 cm³/mol. The van der Waals surface area contributed by atoms with Crippen LogP contribution in [0.3, 0.4) is 0 Å². The van der Waals surface area contributed by atoms with E-state index < -0.39 is 5.41 Å². The summed E-state index contributed by atoms with van der Waals surface area (Å²) in [6, 6.07) is 0. The number of morpholine rings is 1. The van der Waals surface area contributed by atoms with Crippen LogP contribution >= 0.6 is 0 Å². The van der Waals surface area contributed by atoms with Gasteiger partial charge < -0.3 is 10.1 Å². The van der Waals surface area contributed by atoms with Crippen molar-refractivity contribution in [2.45, 2.75) is 20.0 Å². The predicted octanol–water partition coefficient (Wildman–Crippen LogP) is 0.404. The second-order valence-corrected chi connectivity index (χ2v) is 3.81. The van der Waals surface area contributed by atoms with Crippen LogP contribution in [0.1, 0.15) is 13.8 Å². The van der Waals surface area contributed by atoms with Crippen LogP contribution in [-0.2, 0) is 9.53 Å². The lowest BCUT2D eigenvalue weighted by molar-refractivity contribution is -0.138. The Morgan fingerprint density at radius 3 is 2.75 bits per heavy atom. The molecule has 12 heavy (non-hydrogen) atoms. The van der Waals surface area contributed by atoms with Crippen LogP contribution in [0, 0.1) is 12.3 Å². The third kappa shape index (κ3) is 2.29. The molecule has 3 nitrogen and oxygen atoms in total. The van der Waals surface area contributed by atoms with Crippen LogP contribution in [0.5, 0.6) is 0 Å². The van der Waals surface area contributed by atoms with Gasteiger partial charge in [-0.1, -0.05) is 13.8 Å². The minimum absolute atomic E-state index is 0.0784. The zero-order valence-electron chi connectivity index (χ0n) is 7.72. The zero-order valence-corrected chi connectivity index (χ0v) is 7.72. The largest absolute Gasteiger partial charge is 0.368 e. The van der Waals surface area contributed by atoms with Gasteiger partial charge in [0.2, 0.25) is 0 Å². The van der Waals surface area contributed by atoms with E-state index in [1.807, 2.05) is 13.8 Å². The number of Topliss-reactive ketones (excluding diaryl/α,β-unsaturated/α-hetero) is 1. The molecule has 1 rings (SSSR count). The molecule has 0 aliphatic carbocycles. The molecule has 0 amide bonds. The maximum absolute atomic E-state index is 11.6. The van der Waals surface area contributed by atoms with Crippen LogP contribution in [0.25, 0.3) is 0 Å². The second-order valence-electron chi connectivity index (χ2n) is 3.81. The van der Waals surface area contributed by atoms with Crippen molar-refractivity contribution >= 4 is 5.78 Å². The molecule has 1 saturated heterocycles. The minimum Gasteiger partial charge on any atom is -0.368 e. The Hall–Kier alpha value is -0.410. The lowest BCUT2D eigenvalue weighted by Crippen LogP contribution is -2.46. The fourth-order valence-corrected chi connectivity index (χ4v) is 1.17. The van der Waals surface area contributed by atoms with Crippen LogP contribution in [0.4, 0.5) is 0 Å². The molecular formula is C9H16NO2. The highest BCUT2D eigenvalue weighted by atomic mass is 16.5. The molecule has 0 bridgehead atoms. The van der Waals surface area contributed by atoms with Crippen molar-refractivity contribution in [2.24, 2.45) is 5.41 Å². The normalized spacial score (nSPS) is 25.4. The molecule has 1 aliphatic heterocycles. The number of hydrogen-bond acceptors (Lipinski definition) is 3. The fraction of sp³-hybridized carbons (Fsp3) is 0.778. The Bertz CT molecular complexity index is 166. The maximum Gasteiger partial charge on any atom is 0.168 e. The van der Waals surface area contributed by atoms with Crippen molar-refractivity contribution in [3.8, 4) is 0 Å². The van der Waals surface area contributed by atoms with E-state index in [1.54, 1.807) is 0 Å². The SMILES string of the molecule is [CH2]C(C)(C)C(=O)C1CNCCO1. The Labute approximate surface area is 73.5 Å². The third-order valence-corrected chi connectivity index (χ3v) is 1.89. The lowest BCUT2D eigenvalue weighted by atomic mass is 9.87. The summed E-state index contributed by atoms with van der Waals surface area (Å²) in [6.45, 7) is 9.49. The Kier molecular flexibility index (Phi) is 2.85. The zero-order chi connectivity index (χ0) is 9.19. The van der Waals surface area contributed by atoms with Crippen molar-refractivity contribution in [1.29, 1.82) is 0 Å². The average molecular weight is 170 g/mol. The molecule has 1 aliphatic rings. The molecule has 1 unspecified atom stereocenters. The first-order valence-electron chi connectivity index (χ1n) is 4.24. The summed E-state index contributed by atoms with van der Waals surface area (Å²) in [6.07, 6.45) is -0.300. The van der Waals surface area contributed by atoms with E-state index in [0.717, 1.165) is 6.54 Å². The molecule has 3 heteroatoms. The number of ether oxygens (including phenoxy) is 1. The van der Waals surface area contributed by atoms with E-state index >= 15 is 0 Å². The summed E-state index contributed by atoms with van der Waals surface area (Å²) in [7, 11) is 0. The van der Waals surface area contributed by atoms with Gasteiger partial charge in [0.25, 0.3) is 0 Å². The van der Waals surface area contributed by atoms with Crippen molar-refractivity contribution in [3.63, 3.8) is 0 Å².